The summed E-state index contributed by atoms with van der Waals surface area (Å²) in [4.78, 5) is 28.4. The van der Waals surface area contributed by atoms with Gasteiger partial charge in [-0.25, -0.2) is 4.98 Å². The summed E-state index contributed by atoms with van der Waals surface area (Å²) in [6.07, 6.45) is 7.13. The Morgan fingerprint density at radius 1 is 1.42 bits per heavy atom. The number of pyridine rings is 1. The molecule has 3 atom stereocenters. The number of aromatic nitrogens is 2. The lowest BCUT2D eigenvalue weighted by atomic mass is 10.1. The molecule has 1 fully saturated rings. The van der Waals surface area contributed by atoms with Crippen molar-refractivity contribution in [3.8, 4) is 0 Å². The number of carbonyl (C=O) groups excluding carboxylic acids is 2. The Morgan fingerprint density at radius 2 is 2.23 bits per heavy atom. The number of hydrogen-bond acceptors (Lipinski definition) is 3. The summed E-state index contributed by atoms with van der Waals surface area (Å²) in [6.45, 7) is 10.1. The summed E-state index contributed by atoms with van der Waals surface area (Å²) in [5.74, 6) is 0.612. The predicted octanol–water partition coefficient (Wildman–Crippen LogP) is 3.81. The van der Waals surface area contributed by atoms with Crippen LogP contribution in [-0.2, 0) is 11.3 Å². The fourth-order valence-corrected chi connectivity index (χ4v) is 3.39. The van der Waals surface area contributed by atoms with Crippen molar-refractivity contribution in [3.63, 3.8) is 0 Å². The molecule has 0 saturated heterocycles. The highest BCUT2D eigenvalue weighted by Gasteiger charge is 2.42. The first kappa shape index (κ1) is 18.1. The number of hydrogen-bond donors (Lipinski definition) is 1. The number of aldehydes is 1. The average Bonchev–Trinajstić information content (AvgIpc) is 3.32. The molecule has 0 aromatic carbocycles. The molecule has 2 heterocycles. The number of nitrogens with zero attached hydrogens (tertiary/aromatic N) is 2. The minimum Gasteiger partial charge on any atom is -0.348 e. The first-order valence-electron chi connectivity index (χ1n) is 9.06. The van der Waals surface area contributed by atoms with Gasteiger partial charge in [0.05, 0.1) is 17.4 Å². The molecule has 26 heavy (non-hydrogen) atoms. The second kappa shape index (κ2) is 7.68. The first-order chi connectivity index (χ1) is 12.6. The number of allylic oxidation sites excluding steroid dienone is 2. The maximum atomic E-state index is 12.4. The van der Waals surface area contributed by atoms with Gasteiger partial charge in [0.1, 0.15) is 5.65 Å². The summed E-state index contributed by atoms with van der Waals surface area (Å²) in [5.41, 5.74) is 2.17. The molecule has 0 unspecified atom stereocenters. The van der Waals surface area contributed by atoms with Crippen molar-refractivity contribution < 1.29 is 9.59 Å². The normalized spacial score (nSPS) is 19.7. The van der Waals surface area contributed by atoms with Crippen LogP contribution in [0.4, 0.5) is 0 Å². The van der Waals surface area contributed by atoms with Gasteiger partial charge in [0, 0.05) is 17.8 Å². The zero-order chi connectivity index (χ0) is 18.7. The van der Waals surface area contributed by atoms with Crippen LogP contribution in [0.1, 0.15) is 48.4 Å². The Hall–Kier alpha value is -2.69. The van der Waals surface area contributed by atoms with Gasteiger partial charge in [0.25, 0.3) is 0 Å². The third-order valence-corrected chi connectivity index (χ3v) is 5.01. The van der Waals surface area contributed by atoms with E-state index in [-0.39, 0.29) is 17.9 Å². The molecule has 1 aliphatic carbocycles. The predicted molar refractivity (Wildman–Crippen MR) is 103 cm³/mol. The second-order valence-electron chi connectivity index (χ2n) is 6.92. The van der Waals surface area contributed by atoms with Crippen molar-refractivity contribution in [2.45, 2.75) is 38.8 Å². The number of fused-ring (bicyclic) bond motifs is 1. The molecule has 1 saturated carbocycles. The summed E-state index contributed by atoms with van der Waals surface area (Å²) >= 11 is 0. The SMILES string of the molecule is C=CCCn1c(C=O)cc2ccc([C@@H](C)NC(=O)[C@@H]3C[C@H]3CC=C)nc21. The lowest BCUT2D eigenvalue weighted by Gasteiger charge is -2.14. The van der Waals surface area contributed by atoms with E-state index >= 15 is 0 Å². The fourth-order valence-electron chi connectivity index (χ4n) is 3.39. The van der Waals surface area contributed by atoms with Gasteiger partial charge in [-0.3, -0.25) is 9.59 Å². The van der Waals surface area contributed by atoms with Crippen LogP contribution in [0.15, 0.2) is 43.5 Å². The quantitative estimate of drug-likeness (QED) is 0.552. The van der Waals surface area contributed by atoms with Crippen LogP contribution in [0.3, 0.4) is 0 Å². The van der Waals surface area contributed by atoms with Gasteiger partial charge < -0.3 is 9.88 Å². The maximum absolute atomic E-state index is 12.4. The molecule has 1 aliphatic rings. The van der Waals surface area contributed by atoms with E-state index in [0.717, 1.165) is 42.3 Å². The third-order valence-electron chi connectivity index (χ3n) is 5.01. The van der Waals surface area contributed by atoms with Crippen LogP contribution in [0, 0.1) is 11.8 Å². The minimum atomic E-state index is -0.181. The zero-order valence-electron chi connectivity index (χ0n) is 15.1. The highest BCUT2D eigenvalue weighted by molar-refractivity contribution is 5.87. The Labute approximate surface area is 153 Å². The van der Waals surface area contributed by atoms with Crippen LogP contribution < -0.4 is 5.32 Å². The van der Waals surface area contributed by atoms with Crippen LogP contribution in [0.5, 0.6) is 0 Å². The smallest absolute Gasteiger partial charge is 0.223 e. The molecule has 0 spiro atoms. The molecule has 0 radical (unpaired) electrons. The number of amides is 1. The lowest BCUT2D eigenvalue weighted by Crippen LogP contribution is -2.29. The molecule has 1 N–H and O–H groups in total. The van der Waals surface area contributed by atoms with E-state index in [9.17, 15) is 9.59 Å². The number of nitrogens with one attached hydrogen (secondary N) is 1. The van der Waals surface area contributed by atoms with E-state index in [1.807, 2.05) is 41.8 Å². The summed E-state index contributed by atoms with van der Waals surface area (Å²) in [7, 11) is 0. The maximum Gasteiger partial charge on any atom is 0.223 e. The molecule has 3 rings (SSSR count). The van der Waals surface area contributed by atoms with Gasteiger partial charge >= 0.3 is 0 Å². The zero-order valence-corrected chi connectivity index (χ0v) is 15.1. The van der Waals surface area contributed by atoms with Crippen LogP contribution in [-0.4, -0.2) is 21.7 Å². The fraction of sp³-hybridized carbons (Fsp3) is 0.381. The Kier molecular flexibility index (Phi) is 5.35. The summed E-state index contributed by atoms with van der Waals surface area (Å²) in [5, 5.41) is 3.99. The van der Waals surface area contributed by atoms with Crippen molar-refractivity contribution in [1.29, 1.82) is 0 Å². The molecular formula is C21H25N3O2. The van der Waals surface area contributed by atoms with Gasteiger partial charge in [-0.2, -0.15) is 0 Å². The monoisotopic (exact) mass is 351 g/mol. The van der Waals surface area contributed by atoms with E-state index in [4.69, 9.17) is 4.98 Å². The first-order valence-corrected chi connectivity index (χ1v) is 9.06. The van der Waals surface area contributed by atoms with Gasteiger partial charge in [-0.05, 0) is 50.3 Å². The van der Waals surface area contributed by atoms with E-state index in [1.54, 1.807) is 0 Å². The largest absolute Gasteiger partial charge is 0.348 e. The van der Waals surface area contributed by atoms with Crippen LogP contribution in [0.25, 0.3) is 11.0 Å². The Bertz CT molecular complexity index is 852. The Balaban J connectivity index is 1.79. The van der Waals surface area contributed by atoms with E-state index in [2.05, 4.69) is 18.5 Å². The van der Waals surface area contributed by atoms with E-state index in [1.165, 1.54) is 0 Å². The van der Waals surface area contributed by atoms with Crippen molar-refractivity contribution in [1.82, 2.24) is 14.9 Å². The molecule has 2 aromatic heterocycles. The molecular weight excluding hydrogens is 326 g/mol. The summed E-state index contributed by atoms with van der Waals surface area (Å²) < 4.78 is 1.91. The highest BCUT2D eigenvalue weighted by atomic mass is 16.2. The number of rotatable bonds is 9. The van der Waals surface area contributed by atoms with Crippen LogP contribution >= 0.6 is 0 Å². The van der Waals surface area contributed by atoms with Crippen molar-refractivity contribution in [2.24, 2.45) is 11.8 Å². The van der Waals surface area contributed by atoms with Gasteiger partial charge in [0.15, 0.2) is 6.29 Å². The average molecular weight is 351 g/mol. The van der Waals surface area contributed by atoms with Gasteiger partial charge in [0.2, 0.25) is 5.91 Å². The molecule has 0 bridgehead atoms. The summed E-state index contributed by atoms with van der Waals surface area (Å²) in [6, 6.07) is 5.53. The number of aryl methyl sites for hydroxylation is 1. The molecule has 1 amide bonds. The Morgan fingerprint density at radius 3 is 2.92 bits per heavy atom. The van der Waals surface area contributed by atoms with Crippen molar-refractivity contribution in [3.05, 3.63) is 54.9 Å². The standard InChI is InChI=1S/C21H25N3O2/c1-4-6-10-24-17(13-25)11-16-8-9-19(23-20(16)24)14(3)22-21(26)18-12-15(18)7-5-2/h4-5,8-9,11,13-15,18H,1-2,6-7,10,12H2,3H3,(H,22,26)/t14-,15-,18-/m1/s1. The van der Waals surface area contributed by atoms with Crippen molar-refractivity contribution in [2.75, 3.05) is 0 Å². The topological polar surface area (TPSA) is 64.0 Å². The third kappa shape index (κ3) is 3.62. The second-order valence-corrected chi connectivity index (χ2v) is 6.92. The van der Waals surface area contributed by atoms with E-state index in [0.29, 0.717) is 18.2 Å². The van der Waals surface area contributed by atoms with Crippen LogP contribution in [0.2, 0.25) is 0 Å². The van der Waals surface area contributed by atoms with Gasteiger partial charge in [-0.1, -0.05) is 12.2 Å². The minimum absolute atomic E-state index is 0.0851. The molecule has 0 aliphatic heterocycles. The molecule has 5 nitrogen and oxygen atoms in total. The number of carbonyl (C=O) groups is 2. The van der Waals surface area contributed by atoms with Crippen molar-refractivity contribution >= 4 is 23.2 Å². The molecule has 5 heteroatoms. The lowest BCUT2D eigenvalue weighted by molar-refractivity contribution is -0.123. The molecule has 136 valence electrons. The van der Waals surface area contributed by atoms with Gasteiger partial charge in [-0.15, -0.1) is 13.2 Å². The highest BCUT2D eigenvalue weighted by Crippen LogP contribution is 2.41. The molecule has 2 aromatic rings. The van der Waals surface area contributed by atoms with E-state index < -0.39 is 0 Å².